The second-order valence-electron chi connectivity index (χ2n) is 4.32. The maximum absolute atomic E-state index is 13.4. The van der Waals surface area contributed by atoms with Crippen LogP contribution in [0.25, 0.3) is 0 Å². The molecule has 0 saturated carbocycles. The second kappa shape index (κ2) is 7.46. The Bertz CT molecular complexity index is 453. The van der Waals surface area contributed by atoms with Gasteiger partial charge in [0.15, 0.2) is 0 Å². The van der Waals surface area contributed by atoms with Crippen LogP contribution in [0.15, 0.2) is 23.1 Å². The Balaban J connectivity index is 2.47. The number of halogens is 2. The Morgan fingerprint density at radius 2 is 2.16 bits per heavy atom. The van der Waals surface area contributed by atoms with Crippen molar-refractivity contribution in [2.24, 2.45) is 0 Å². The van der Waals surface area contributed by atoms with Gasteiger partial charge in [-0.15, -0.1) is 11.8 Å². The van der Waals surface area contributed by atoms with Gasteiger partial charge in [0.25, 0.3) is 0 Å². The summed E-state index contributed by atoms with van der Waals surface area (Å²) in [7, 11) is 1.77. The summed E-state index contributed by atoms with van der Waals surface area (Å²) in [6.45, 7) is 1.96. The predicted octanol–water partition coefficient (Wildman–Crippen LogP) is 3.73. The standard InChI is InChI=1S/C14H18F2N2S/c1-3-14(10-17,18-2)7-4-8-19-13-9-11(15)5-6-12(13)16/h5-6,9,18H,3-4,7-8H2,1-2H3. The minimum Gasteiger partial charge on any atom is -0.302 e. The minimum atomic E-state index is -0.513. The summed E-state index contributed by atoms with van der Waals surface area (Å²) in [6, 6.07) is 5.73. The Hall–Kier alpha value is -1.12. The van der Waals surface area contributed by atoms with Crippen LogP contribution in [0.4, 0.5) is 8.78 Å². The normalized spacial score (nSPS) is 13.8. The molecule has 1 N–H and O–H groups in total. The molecule has 0 aromatic heterocycles. The van der Waals surface area contributed by atoms with Crippen LogP contribution in [-0.4, -0.2) is 18.3 Å². The van der Waals surface area contributed by atoms with Gasteiger partial charge >= 0.3 is 0 Å². The Labute approximate surface area is 117 Å². The van der Waals surface area contributed by atoms with Crippen molar-refractivity contribution in [1.82, 2.24) is 5.32 Å². The molecule has 1 aromatic rings. The first-order chi connectivity index (χ1) is 9.06. The van der Waals surface area contributed by atoms with Crippen molar-refractivity contribution in [2.45, 2.75) is 36.6 Å². The topological polar surface area (TPSA) is 35.8 Å². The summed E-state index contributed by atoms with van der Waals surface area (Å²) in [6.07, 6.45) is 2.18. The van der Waals surface area contributed by atoms with Gasteiger partial charge in [-0.25, -0.2) is 8.78 Å². The molecule has 0 aliphatic rings. The highest BCUT2D eigenvalue weighted by Crippen LogP contribution is 2.25. The summed E-state index contributed by atoms with van der Waals surface area (Å²) < 4.78 is 26.4. The lowest BCUT2D eigenvalue weighted by Gasteiger charge is -2.24. The SMILES string of the molecule is CCC(C#N)(CCCSc1cc(F)ccc1F)NC. The van der Waals surface area contributed by atoms with Crippen molar-refractivity contribution in [3.8, 4) is 6.07 Å². The largest absolute Gasteiger partial charge is 0.302 e. The van der Waals surface area contributed by atoms with E-state index in [4.69, 9.17) is 5.26 Å². The van der Waals surface area contributed by atoms with Gasteiger partial charge in [-0.3, -0.25) is 0 Å². The van der Waals surface area contributed by atoms with E-state index >= 15 is 0 Å². The van der Waals surface area contributed by atoms with Crippen molar-refractivity contribution in [1.29, 1.82) is 5.26 Å². The molecule has 0 aliphatic heterocycles. The van der Waals surface area contributed by atoms with Crippen LogP contribution in [0.3, 0.4) is 0 Å². The molecule has 19 heavy (non-hydrogen) atoms. The van der Waals surface area contributed by atoms with E-state index in [0.717, 1.165) is 25.0 Å². The summed E-state index contributed by atoms with van der Waals surface area (Å²) in [4.78, 5) is 0.323. The summed E-state index contributed by atoms with van der Waals surface area (Å²) in [5.41, 5.74) is -0.513. The van der Waals surface area contributed by atoms with Crippen LogP contribution in [0.5, 0.6) is 0 Å². The molecule has 1 rings (SSSR count). The molecule has 0 bridgehead atoms. The van der Waals surface area contributed by atoms with E-state index in [0.29, 0.717) is 17.1 Å². The molecule has 1 unspecified atom stereocenters. The lowest BCUT2D eigenvalue weighted by Crippen LogP contribution is -2.40. The number of nitrogens with one attached hydrogen (secondary N) is 1. The van der Waals surface area contributed by atoms with Crippen molar-refractivity contribution in [2.75, 3.05) is 12.8 Å². The van der Waals surface area contributed by atoms with Crippen LogP contribution in [0, 0.1) is 23.0 Å². The summed E-state index contributed by atoms with van der Waals surface area (Å²) >= 11 is 1.28. The molecule has 1 atom stereocenters. The van der Waals surface area contributed by atoms with Gasteiger partial charge in [-0.1, -0.05) is 6.92 Å². The van der Waals surface area contributed by atoms with Crippen LogP contribution >= 0.6 is 11.8 Å². The number of thioether (sulfide) groups is 1. The first kappa shape index (κ1) is 15.9. The van der Waals surface area contributed by atoms with Gasteiger partial charge < -0.3 is 5.32 Å². The third-order valence-electron chi connectivity index (χ3n) is 3.19. The number of nitrogens with zero attached hydrogens (tertiary/aromatic N) is 1. The van der Waals surface area contributed by atoms with Crippen LogP contribution in [0.2, 0.25) is 0 Å². The summed E-state index contributed by atoms with van der Waals surface area (Å²) in [5.74, 6) is -0.174. The van der Waals surface area contributed by atoms with Gasteiger partial charge in [0.1, 0.15) is 17.2 Å². The van der Waals surface area contributed by atoms with E-state index in [1.807, 2.05) is 6.92 Å². The third kappa shape index (κ3) is 4.48. The lowest BCUT2D eigenvalue weighted by molar-refractivity contribution is 0.400. The minimum absolute atomic E-state index is 0.323. The maximum Gasteiger partial charge on any atom is 0.136 e. The average molecular weight is 284 g/mol. The fourth-order valence-corrected chi connectivity index (χ4v) is 2.72. The highest BCUT2D eigenvalue weighted by Gasteiger charge is 2.24. The average Bonchev–Trinajstić information content (AvgIpc) is 2.43. The molecule has 1 aromatic carbocycles. The fraction of sp³-hybridized carbons (Fsp3) is 0.500. The smallest absolute Gasteiger partial charge is 0.136 e. The zero-order chi connectivity index (χ0) is 14.3. The number of hydrogen-bond donors (Lipinski definition) is 1. The van der Waals surface area contributed by atoms with Gasteiger partial charge in [0.05, 0.1) is 6.07 Å². The number of nitriles is 1. The van der Waals surface area contributed by atoms with Crippen molar-refractivity contribution < 1.29 is 8.78 Å². The van der Waals surface area contributed by atoms with Gasteiger partial charge in [0.2, 0.25) is 0 Å². The van der Waals surface area contributed by atoms with Gasteiger partial charge in [0, 0.05) is 4.90 Å². The first-order valence-electron chi connectivity index (χ1n) is 6.25. The second-order valence-corrected chi connectivity index (χ2v) is 5.46. The molecule has 0 amide bonds. The molecule has 0 radical (unpaired) electrons. The van der Waals surface area contributed by atoms with Crippen molar-refractivity contribution in [3.63, 3.8) is 0 Å². The van der Waals surface area contributed by atoms with E-state index in [1.165, 1.54) is 17.8 Å². The molecule has 2 nitrogen and oxygen atoms in total. The molecule has 5 heteroatoms. The molecule has 0 aliphatic carbocycles. The Kier molecular flexibility index (Phi) is 6.26. The third-order valence-corrected chi connectivity index (χ3v) is 4.31. The van der Waals surface area contributed by atoms with E-state index in [1.54, 1.807) is 7.05 Å². The lowest BCUT2D eigenvalue weighted by atomic mass is 9.93. The van der Waals surface area contributed by atoms with E-state index in [2.05, 4.69) is 11.4 Å². The predicted molar refractivity (Wildman–Crippen MR) is 74.0 cm³/mol. The van der Waals surface area contributed by atoms with Crippen LogP contribution in [-0.2, 0) is 0 Å². The maximum atomic E-state index is 13.4. The first-order valence-corrected chi connectivity index (χ1v) is 7.23. The zero-order valence-corrected chi connectivity index (χ0v) is 12.0. The molecule has 104 valence electrons. The van der Waals surface area contributed by atoms with Crippen LogP contribution in [0.1, 0.15) is 26.2 Å². The monoisotopic (exact) mass is 284 g/mol. The molecular formula is C14H18F2N2S. The van der Waals surface area contributed by atoms with E-state index in [-0.39, 0.29) is 0 Å². The van der Waals surface area contributed by atoms with Gasteiger partial charge in [-0.05, 0) is 50.3 Å². The molecule has 0 heterocycles. The molecule has 0 fully saturated rings. The van der Waals surface area contributed by atoms with E-state index < -0.39 is 17.2 Å². The zero-order valence-electron chi connectivity index (χ0n) is 11.2. The van der Waals surface area contributed by atoms with E-state index in [9.17, 15) is 8.78 Å². The fourth-order valence-electron chi connectivity index (χ4n) is 1.81. The van der Waals surface area contributed by atoms with Crippen molar-refractivity contribution >= 4 is 11.8 Å². The Morgan fingerprint density at radius 3 is 2.74 bits per heavy atom. The van der Waals surface area contributed by atoms with Crippen molar-refractivity contribution in [3.05, 3.63) is 29.8 Å². The number of rotatable bonds is 7. The quantitative estimate of drug-likeness (QED) is 0.612. The Morgan fingerprint density at radius 1 is 1.42 bits per heavy atom. The highest BCUT2D eigenvalue weighted by atomic mass is 32.2. The van der Waals surface area contributed by atoms with Gasteiger partial charge in [-0.2, -0.15) is 5.26 Å². The van der Waals surface area contributed by atoms with Crippen LogP contribution < -0.4 is 5.32 Å². The molecular weight excluding hydrogens is 266 g/mol. The molecule has 0 saturated heterocycles. The summed E-state index contributed by atoms with van der Waals surface area (Å²) in [5, 5.41) is 12.2. The highest BCUT2D eigenvalue weighted by molar-refractivity contribution is 7.99. The number of benzene rings is 1. The molecule has 0 spiro atoms. The number of hydrogen-bond acceptors (Lipinski definition) is 3.